The molecule has 0 aromatic rings. The number of carbonyl (C=O) groups is 3. The Morgan fingerprint density at radius 3 is 1.37 bits per heavy atom. The van der Waals surface area contributed by atoms with Gasteiger partial charge in [0.1, 0.15) is 0 Å². The number of esters is 3. The van der Waals surface area contributed by atoms with Crippen LogP contribution in [0.3, 0.4) is 0 Å². The minimum absolute atomic E-state index is 0.269. The van der Waals surface area contributed by atoms with Gasteiger partial charge < -0.3 is 29.9 Å². The summed E-state index contributed by atoms with van der Waals surface area (Å²) in [5.74, 6) is -5.12. The third kappa shape index (κ3) is 9.26. The molecule has 3 saturated heterocycles. The van der Waals surface area contributed by atoms with Crippen molar-refractivity contribution in [3.05, 3.63) is 0 Å². The number of hydrogen-bond acceptors (Lipinski definition) is 12. The van der Waals surface area contributed by atoms with Gasteiger partial charge in [0.15, 0.2) is 5.60 Å². The summed E-state index contributed by atoms with van der Waals surface area (Å²) in [6.45, 7) is 21.0. The van der Waals surface area contributed by atoms with Gasteiger partial charge in [0.2, 0.25) is 0 Å². The molecule has 0 amide bonds. The largest absolute Gasteiger partial charge is 0.523 e. The van der Waals surface area contributed by atoms with Crippen LogP contribution in [-0.2, 0) is 33.3 Å². The number of alkyl halides is 3. The van der Waals surface area contributed by atoms with Gasteiger partial charge in [-0.3, -0.25) is 14.3 Å². The topological polar surface area (TPSA) is 147 Å². The molecule has 0 aromatic heterocycles. The Bertz CT molecular complexity index is 1190. The smallest absolute Gasteiger partial charge is 0.465 e. The highest BCUT2D eigenvalue weighted by Gasteiger charge is 2.57. The maximum absolute atomic E-state index is 14.1. The van der Waals surface area contributed by atoms with Crippen molar-refractivity contribution in [2.75, 3.05) is 19.8 Å². The van der Waals surface area contributed by atoms with Crippen LogP contribution in [-0.4, -0.2) is 103 Å². The Hall–Kier alpha value is -2.04. The lowest BCUT2D eigenvalue weighted by molar-refractivity contribution is -0.363. The molecule has 0 bridgehead atoms. The van der Waals surface area contributed by atoms with Gasteiger partial charge in [-0.1, -0.05) is 0 Å². The van der Waals surface area contributed by atoms with Crippen LogP contribution in [0.4, 0.5) is 13.2 Å². The summed E-state index contributed by atoms with van der Waals surface area (Å²) < 4.78 is 63.0. The normalized spacial score (nSPS) is 29.7. The van der Waals surface area contributed by atoms with Crippen LogP contribution in [0.25, 0.3) is 0 Å². The lowest BCUT2D eigenvalue weighted by Crippen LogP contribution is -2.51. The van der Waals surface area contributed by atoms with E-state index in [0.717, 1.165) is 10.1 Å². The highest BCUT2D eigenvalue weighted by Crippen LogP contribution is 2.45. The quantitative estimate of drug-likeness (QED) is 0.177. The molecule has 0 radical (unpaired) electrons. The average Bonchev–Trinajstić information content (AvgIpc) is 3.30. The Morgan fingerprint density at radius 1 is 0.673 bits per heavy atom. The predicted octanol–water partition coefficient (Wildman–Crippen LogP) is 5.37. The van der Waals surface area contributed by atoms with Crippen LogP contribution >= 0.6 is 0 Å². The van der Waals surface area contributed by atoms with E-state index in [1.807, 2.05) is 27.7 Å². The van der Waals surface area contributed by atoms with Crippen molar-refractivity contribution in [1.82, 2.24) is 15.4 Å². The number of ether oxygens (including phenoxy) is 4. The van der Waals surface area contributed by atoms with Crippen LogP contribution in [0.1, 0.15) is 115 Å². The van der Waals surface area contributed by atoms with Crippen LogP contribution in [0.5, 0.6) is 0 Å². The van der Waals surface area contributed by atoms with Crippen molar-refractivity contribution in [3.63, 3.8) is 0 Å². The van der Waals surface area contributed by atoms with E-state index in [0.29, 0.717) is 19.3 Å². The number of carbonyl (C=O) groups excluding carboxylic acids is 3. The SMILES string of the molecule is CC1(C)CC(COC(=O)C(CC(=O)OCC2CC(C)(C)N(O)C2(C)C)(CC(=O)OCC2CC(C)(C)N(O)C2(C)C)OC(F)(F)F)C(C)(C)N1. The molecule has 3 N–H and O–H groups in total. The molecule has 3 atom stereocenters. The first-order chi connectivity index (χ1) is 21.9. The zero-order valence-electron chi connectivity index (χ0n) is 31.2. The molecule has 12 nitrogen and oxygen atoms in total. The van der Waals surface area contributed by atoms with E-state index in [2.05, 4.69) is 10.1 Å². The lowest BCUT2D eigenvalue weighted by Gasteiger charge is -2.36. The minimum Gasteiger partial charge on any atom is -0.465 e. The standard InChI is InChI=1S/C34H58F3N3O9/c1-27(2)13-21(30(7,8)38-27)18-48-26(43)33(49-34(35,36)37,16-24(41)46-19-22-14-28(3,4)39(44)31(22,9)10)17-25(42)47-20-23-15-29(5,6)40(45)32(23,11)12/h21-23,38,44-45H,13-20H2,1-12H3. The molecule has 0 spiro atoms. The summed E-state index contributed by atoms with van der Waals surface area (Å²) in [6.07, 6.45) is -6.68. The van der Waals surface area contributed by atoms with Crippen molar-refractivity contribution in [1.29, 1.82) is 0 Å². The summed E-state index contributed by atoms with van der Waals surface area (Å²) in [6, 6.07) is 0. The van der Waals surface area contributed by atoms with Crippen molar-refractivity contribution in [2.24, 2.45) is 17.8 Å². The van der Waals surface area contributed by atoms with E-state index in [1.165, 1.54) is 0 Å². The third-order valence-corrected chi connectivity index (χ3v) is 11.0. The second-order valence-corrected chi connectivity index (χ2v) is 17.8. The molecule has 0 aliphatic carbocycles. The van der Waals surface area contributed by atoms with E-state index in [-0.39, 0.29) is 31.3 Å². The van der Waals surface area contributed by atoms with Gasteiger partial charge >= 0.3 is 24.3 Å². The first-order valence-electron chi connectivity index (χ1n) is 16.9. The molecule has 3 heterocycles. The second-order valence-electron chi connectivity index (χ2n) is 17.8. The van der Waals surface area contributed by atoms with Gasteiger partial charge in [0, 0.05) is 51.0 Å². The summed E-state index contributed by atoms with van der Waals surface area (Å²) in [4.78, 5) is 40.4. The first-order valence-corrected chi connectivity index (χ1v) is 16.9. The third-order valence-electron chi connectivity index (χ3n) is 11.0. The summed E-state index contributed by atoms with van der Waals surface area (Å²) in [5.41, 5.74) is -7.04. The molecule has 0 saturated carbocycles. The highest BCUT2D eigenvalue weighted by atomic mass is 19.4. The van der Waals surface area contributed by atoms with Gasteiger partial charge in [-0.2, -0.15) is 10.1 Å². The minimum atomic E-state index is -5.46. The predicted molar refractivity (Wildman–Crippen MR) is 171 cm³/mol. The molecule has 3 aliphatic heterocycles. The molecule has 3 unspecified atom stereocenters. The van der Waals surface area contributed by atoms with E-state index in [9.17, 15) is 38.0 Å². The summed E-state index contributed by atoms with van der Waals surface area (Å²) >= 11 is 0. The van der Waals surface area contributed by atoms with Crippen LogP contribution in [0.2, 0.25) is 0 Å². The fourth-order valence-corrected chi connectivity index (χ4v) is 8.28. The van der Waals surface area contributed by atoms with Crippen LogP contribution in [0, 0.1) is 17.8 Å². The van der Waals surface area contributed by atoms with Crippen molar-refractivity contribution in [3.8, 4) is 0 Å². The second kappa shape index (κ2) is 13.5. The van der Waals surface area contributed by atoms with Crippen molar-refractivity contribution < 1.29 is 56.9 Å². The molecule has 0 aromatic carbocycles. The monoisotopic (exact) mass is 709 g/mol. The molecule has 49 heavy (non-hydrogen) atoms. The number of halogens is 3. The molecule has 15 heteroatoms. The van der Waals surface area contributed by atoms with Crippen molar-refractivity contribution >= 4 is 17.9 Å². The maximum Gasteiger partial charge on any atom is 0.523 e. The van der Waals surface area contributed by atoms with E-state index in [1.54, 1.807) is 55.4 Å². The van der Waals surface area contributed by atoms with E-state index in [4.69, 9.17) is 14.2 Å². The van der Waals surface area contributed by atoms with E-state index >= 15 is 0 Å². The number of hydrogen-bond donors (Lipinski definition) is 3. The zero-order valence-corrected chi connectivity index (χ0v) is 31.2. The van der Waals surface area contributed by atoms with Gasteiger partial charge in [-0.05, 0) is 102 Å². The summed E-state index contributed by atoms with van der Waals surface area (Å²) in [7, 11) is 0. The molecule has 3 rings (SSSR count). The first kappa shape index (κ1) is 41.4. The van der Waals surface area contributed by atoms with E-state index < -0.39 is 82.2 Å². The Morgan fingerprint density at radius 2 is 1.06 bits per heavy atom. The number of nitrogens with one attached hydrogen (secondary N) is 1. The average molecular weight is 710 g/mol. The highest BCUT2D eigenvalue weighted by molar-refractivity contribution is 5.90. The van der Waals surface area contributed by atoms with Crippen LogP contribution < -0.4 is 5.32 Å². The molecule has 3 fully saturated rings. The Labute approximate surface area is 288 Å². The fourth-order valence-electron chi connectivity index (χ4n) is 8.28. The maximum atomic E-state index is 14.1. The number of rotatable bonds is 12. The Balaban J connectivity index is 1.87. The van der Waals surface area contributed by atoms with Gasteiger partial charge in [-0.15, -0.1) is 13.2 Å². The van der Waals surface area contributed by atoms with Gasteiger partial charge in [0.25, 0.3) is 0 Å². The van der Waals surface area contributed by atoms with Gasteiger partial charge in [-0.25, -0.2) is 4.79 Å². The Kier molecular flexibility index (Phi) is 11.4. The zero-order chi connectivity index (χ0) is 37.8. The number of hydroxylamine groups is 4. The lowest BCUT2D eigenvalue weighted by atomic mass is 9.87. The molecular formula is C34H58F3N3O9. The van der Waals surface area contributed by atoms with Crippen LogP contribution in [0.15, 0.2) is 0 Å². The molecule has 284 valence electrons. The van der Waals surface area contributed by atoms with Gasteiger partial charge in [0.05, 0.1) is 32.7 Å². The van der Waals surface area contributed by atoms with Crippen molar-refractivity contribution in [2.45, 2.75) is 160 Å². The number of nitrogens with zero attached hydrogens (tertiary/aromatic N) is 2. The summed E-state index contributed by atoms with van der Waals surface area (Å²) in [5, 5.41) is 27.0. The molecular weight excluding hydrogens is 651 g/mol. The fraction of sp³-hybridized carbons (Fsp3) is 0.912. The molecule has 3 aliphatic rings.